The monoisotopic (exact) mass is 1140 g/mol. The number of quaternary nitrogens is 1. The predicted molar refractivity (Wildman–Crippen MR) is 346 cm³/mol. The van der Waals surface area contributed by atoms with Gasteiger partial charge in [-0.05, 0) is 32.1 Å². The molecule has 0 aromatic carbocycles. The molecule has 0 saturated carbocycles. The van der Waals surface area contributed by atoms with E-state index in [2.05, 4.69) is 31.3 Å². The molecule has 0 rings (SSSR count). The highest BCUT2D eigenvalue weighted by molar-refractivity contribution is 7.47. The highest BCUT2D eigenvalue weighted by atomic mass is 31.2. The van der Waals surface area contributed by atoms with Gasteiger partial charge in [-0.25, -0.2) is 4.57 Å². The number of hydrogen-bond acceptors (Lipinski definition) is 5. The second kappa shape index (κ2) is 61.5. The molecule has 3 unspecified atom stereocenters. The fourth-order valence-corrected chi connectivity index (χ4v) is 11.7. The van der Waals surface area contributed by atoms with E-state index >= 15 is 0 Å². The summed E-state index contributed by atoms with van der Waals surface area (Å²) in [6, 6.07) is -0.861. The Morgan fingerprint density at radius 2 is 0.696 bits per heavy atom. The zero-order valence-corrected chi connectivity index (χ0v) is 54.8. The highest BCUT2D eigenvalue weighted by Gasteiger charge is 2.28. The molecule has 0 aliphatic carbocycles. The maximum Gasteiger partial charge on any atom is 0.472 e. The molecule has 0 saturated heterocycles. The van der Waals surface area contributed by atoms with Gasteiger partial charge in [0.1, 0.15) is 13.2 Å². The highest BCUT2D eigenvalue weighted by Crippen LogP contribution is 2.43. The number of nitrogens with zero attached hydrogens (tertiary/aromatic N) is 1. The Bertz CT molecular complexity index is 1340. The third-order valence-corrected chi connectivity index (χ3v) is 17.4. The van der Waals surface area contributed by atoms with Gasteiger partial charge < -0.3 is 19.8 Å². The van der Waals surface area contributed by atoms with Gasteiger partial charge in [0.05, 0.1) is 39.9 Å². The van der Waals surface area contributed by atoms with Crippen molar-refractivity contribution in [3.05, 3.63) is 24.3 Å². The van der Waals surface area contributed by atoms with Crippen molar-refractivity contribution in [2.45, 2.75) is 379 Å². The summed E-state index contributed by atoms with van der Waals surface area (Å²) in [5.41, 5.74) is 0. The second-order valence-corrected chi connectivity index (χ2v) is 27.1. The molecule has 3 atom stereocenters. The van der Waals surface area contributed by atoms with Crippen LogP contribution in [0.3, 0.4) is 0 Å². The molecule has 0 heterocycles. The van der Waals surface area contributed by atoms with Gasteiger partial charge in [0, 0.05) is 6.42 Å². The molecular formula is C70H140N2O6P+. The Morgan fingerprint density at radius 1 is 0.418 bits per heavy atom. The van der Waals surface area contributed by atoms with Gasteiger partial charge in [0.25, 0.3) is 0 Å². The molecule has 470 valence electrons. The van der Waals surface area contributed by atoms with Crippen LogP contribution in [0.2, 0.25) is 0 Å². The van der Waals surface area contributed by atoms with E-state index in [9.17, 15) is 19.4 Å². The predicted octanol–water partition coefficient (Wildman–Crippen LogP) is 22.3. The fraction of sp³-hybridized carbons (Fsp3) is 0.929. The summed E-state index contributed by atoms with van der Waals surface area (Å²) in [6.07, 6.45) is 80.6. The third kappa shape index (κ3) is 64.4. The summed E-state index contributed by atoms with van der Waals surface area (Å²) in [4.78, 5) is 23.4. The number of unbranched alkanes of at least 4 members (excludes halogenated alkanes) is 51. The first-order valence-corrected chi connectivity index (χ1v) is 36.7. The van der Waals surface area contributed by atoms with Crippen LogP contribution < -0.4 is 5.32 Å². The Hall–Kier alpha value is -1.02. The summed E-state index contributed by atoms with van der Waals surface area (Å²) in [7, 11) is 1.57. The molecule has 0 aromatic rings. The smallest absolute Gasteiger partial charge is 0.387 e. The normalized spacial score (nSPS) is 13.8. The Kier molecular flexibility index (Phi) is 60.7. The zero-order chi connectivity index (χ0) is 57.7. The number of aliphatic hydroxyl groups is 1. The Balaban J connectivity index is 3.95. The lowest BCUT2D eigenvalue weighted by Crippen LogP contribution is -2.45. The lowest BCUT2D eigenvalue weighted by Gasteiger charge is -2.25. The van der Waals surface area contributed by atoms with Crippen molar-refractivity contribution in [2.75, 3.05) is 40.9 Å². The Labute approximate surface area is 494 Å². The van der Waals surface area contributed by atoms with Crippen LogP contribution in [0.25, 0.3) is 0 Å². The minimum atomic E-state index is -4.36. The first-order chi connectivity index (χ1) is 38.5. The number of likely N-dealkylation sites (N-methyl/N-ethyl adjacent to an activating group) is 1. The number of allylic oxidation sites excluding steroid dienone is 3. The standard InChI is InChI=1S/C70H139N2O6P/c1-6-8-10-12-14-16-18-20-22-24-26-28-29-30-31-32-33-34-35-36-37-38-39-40-41-42-43-44-46-48-50-52-54-56-58-60-62-64-70(74)71-68(67-78-79(75,76)77-66-65-72(3,4)5)69(73)63-61-59-57-55-53-51-49-47-45-27-25-23-21-19-17-15-13-11-9-7-2/h53,55,61,63,68-69,73H,6-52,54,56-60,62,64-67H2,1-5H3,(H-,71,74,75,76)/p+1/b55-53+,63-61+. The molecule has 0 aliphatic heterocycles. The summed E-state index contributed by atoms with van der Waals surface area (Å²) in [6.45, 7) is 4.86. The van der Waals surface area contributed by atoms with E-state index < -0.39 is 20.0 Å². The van der Waals surface area contributed by atoms with Crippen LogP contribution in [-0.4, -0.2) is 73.4 Å². The number of hydrogen-bond donors (Lipinski definition) is 3. The van der Waals surface area contributed by atoms with Gasteiger partial charge >= 0.3 is 7.82 Å². The van der Waals surface area contributed by atoms with Crippen LogP contribution in [-0.2, 0) is 18.4 Å². The van der Waals surface area contributed by atoms with E-state index in [1.807, 2.05) is 27.2 Å². The van der Waals surface area contributed by atoms with Crippen LogP contribution >= 0.6 is 7.82 Å². The molecule has 0 aromatic heterocycles. The number of nitrogens with one attached hydrogen (secondary N) is 1. The number of phosphoric ester groups is 1. The van der Waals surface area contributed by atoms with Gasteiger partial charge in [-0.3, -0.25) is 13.8 Å². The first-order valence-electron chi connectivity index (χ1n) is 35.2. The number of carbonyl (C=O) groups excluding carboxylic acids is 1. The van der Waals surface area contributed by atoms with Crippen molar-refractivity contribution in [3.8, 4) is 0 Å². The number of rotatable bonds is 66. The topological polar surface area (TPSA) is 105 Å². The van der Waals surface area contributed by atoms with Crippen LogP contribution in [0.5, 0.6) is 0 Å². The molecule has 0 radical (unpaired) electrons. The summed E-state index contributed by atoms with van der Waals surface area (Å²) >= 11 is 0. The molecule has 0 spiro atoms. The molecule has 8 nitrogen and oxygen atoms in total. The lowest BCUT2D eigenvalue weighted by molar-refractivity contribution is -0.870. The average Bonchev–Trinajstić information content (AvgIpc) is 3.42. The number of aliphatic hydroxyl groups excluding tert-OH is 1. The first kappa shape index (κ1) is 78.0. The quantitative estimate of drug-likeness (QED) is 0.0243. The molecule has 79 heavy (non-hydrogen) atoms. The van der Waals surface area contributed by atoms with Crippen molar-refractivity contribution in [2.24, 2.45) is 0 Å². The molecular weight excluding hydrogens is 996 g/mol. The Morgan fingerprint density at radius 3 is 1.01 bits per heavy atom. The molecule has 1 amide bonds. The van der Waals surface area contributed by atoms with Gasteiger partial charge in [-0.2, -0.15) is 0 Å². The number of carbonyl (C=O) groups is 1. The molecule has 0 fully saturated rings. The third-order valence-electron chi connectivity index (χ3n) is 16.4. The van der Waals surface area contributed by atoms with E-state index in [4.69, 9.17) is 9.05 Å². The summed E-state index contributed by atoms with van der Waals surface area (Å²) in [5.74, 6) is -0.178. The lowest BCUT2D eigenvalue weighted by atomic mass is 10.0. The largest absolute Gasteiger partial charge is 0.472 e. The van der Waals surface area contributed by atoms with Crippen LogP contribution in [0.15, 0.2) is 24.3 Å². The van der Waals surface area contributed by atoms with E-state index in [-0.39, 0.29) is 19.1 Å². The number of amides is 1. The van der Waals surface area contributed by atoms with Crippen LogP contribution in [0.1, 0.15) is 367 Å². The fourth-order valence-electron chi connectivity index (χ4n) is 10.9. The van der Waals surface area contributed by atoms with Gasteiger partial charge in [-0.1, -0.05) is 353 Å². The van der Waals surface area contributed by atoms with E-state index in [1.54, 1.807) is 6.08 Å². The van der Waals surface area contributed by atoms with Crippen molar-refractivity contribution in [1.82, 2.24) is 5.32 Å². The second-order valence-electron chi connectivity index (χ2n) is 25.6. The summed E-state index contributed by atoms with van der Waals surface area (Å²) in [5, 5.41) is 14.0. The minimum absolute atomic E-state index is 0.0590. The van der Waals surface area contributed by atoms with Crippen LogP contribution in [0.4, 0.5) is 0 Å². The van der Waals surface area contributed by atoms with E-state index in [1.165, 1.54) is 308 Å². The van der Waals surface area contributed by atoms with Crippen molar-refractivity contribution in [3.63, 3.8) is 0 Å². The average molecular weight is 1140 g/mol. The number of phosphoric acid groups is 1. The van der Waals surface area contributed by atoms with Gasteiger partial charge in [0.15, 0.2) is 0 Å². The molecule has 9 heteroatoms. The maximum atomic E-state index is 13.0. The minimum Gasteiger partial charge on any atom is -0.387 e. The van der Waals surface area contributed by atoms with Gasteiger partial charge in [0.2, 0.25) is 5.91 Å². The molecule has 0 aliphatic rings. The van der Waals surface area contributed by atoms with Crippen molar-refractivity contribution < 1.29 is 32.9 Å². The van der Waals surface area contributed by atoms with Crippen molar-refractivity contribution >= 4 is 13.7 Å². The molecule has 0 bridgehead atoms. The van der Waals surface area contributed by atoms with Gasteiger partial charge in [-0.15, -0.1) is 0 Å². The van der Waals surface area contributed by atoms with Crippen LogP contribution in [0, 0.1) is 0 Å². The molecule has 3 N–H and O–H groups in total. The maximum absolute atomic E-state index is 13.0. The van der Waals surface area contributed by atoms with E-state index in [0.717, 1.165) is 38.5 Å². The van der Waals surface area contributed by atoms with E-state index in [0.29, 0.717) is 17.4 Å². The zero-order valence-electron chi connectivity index (χ0n) is 53.9. The SMILES string of the molecule is CCCCCCCCCCCCCCCC/C=C/CC/C=C/C(O)C(COP(=O)(O)OCC[N+](C)(C)C)NC(=O)CCCCCCCCCCCCCCCCCCCCCCCCCCCCCCCCCCCCCCC. The van der Waals surface area contributed by atoms with Crippen molar-refractivity contribution in [1.29, 1.82) is 0 Å². The summed E-state index contributed by atoms with van der Waals surface area (Å²) < 4.78 is 23.8.